The summed E-state index contributed by atoms with van der Waals surface area (Å²) in [5, 5.41) is 12.3. The number of hydrogen-bond acceptors (Lipinski definition) is 4. The molecular formula is C19H20FN5O2. The first kappa shape index (κ1) is 18.4. The predicted octanol–water partition coefficient (Wildman–Crippen LogP) is 2.66. The van der Waals surface area contributed by atoms with Gasteiger partial charge in [-0.2, -0.15) is 5.10 Å². The number of methoxy groups -OCH3 is 1. The Labute approximate surface area is 156 Å². The number of nitrogens with one attached hydrogen (secondary N) is 3. The van der Waals surface area contributed by atoms with Crippen LogP contribution in [0.3, 0.4) is 0 Å². The maximum atomic E-state index is 13.0. The molecule has 1 aromatic heterocycles. The van der Waals surface area contributed by atoms with Crippen molar-refractivity contribution < 1.29 is 13.9 Å². The van der Waals surface area contributed by atoms with E-state index in [0.717, 1.165) is 11.3 Å². The summed E-state index contributed by atoms with van der Waals surface area (Å²) in [6.07, 6.45) is 0.717. The molecule has 0 radical (unpaired) electrons. The van der Waals surface area contributed by atoms with Gasteiger partial charge in [-0.05, 0) is 48.4 Å². The molecule has 3 N–H and O–H groups in total. The molecular weight excluding hydrogens is 349 g/mol. The van der Waals surface area contributed by atoms with E-state index in [1.54, 1.807) is 19.2 Å². The topological polar surface area (TPSA) is 91.9 Å². The normalized spacial score (nSPS) is 10.4. The standard InChI is InChI=1S/C19H20FN5O2/c1-27-16-8-2-13(3-9-16)10-11-21-19(26)22-12-17-23-18(25-24-17)14-4-6-15(20)7-5-14/h2-9H,10-12H2,1H3,(H2,21,22,26)(H,23,24,25). The van der Waals surface area contributed by atoms with Crippen LogP contribution in [0.4, 0.5) is 9.18 Å². The second-order valence-electron chi connectivity index (χ2n) is 5.82. The number of amides is 2. The second kappa shape index (κ2) is 8.79. The molecule has 0 unspecified atom stereocenters. The van der Waals surface area contributed by atoms with Crippen LogP contribution in [0.1, 0.15) is 11.4 Å². The molecule has 1 heterocycles. The maximum Gasteiger partial charge on any atom is 0.315 e. The molecule has 0 aliphatic rings. The molecule has 2 amide bonds. The molecule has 7 nitrogen and oxygen atoms in total. The maximum absolute atomic E-state index is 13.0. The van der Waals surface area contributed by atoms with E-state index in [1.807, 2.05) is 24.3 Å². The van der Waals surface area contributed by atoms with E-state index in [4.69, 9.17) is 4.74 Å². The zero-order valence-electron chi connectivity index (χ0n) is 14.8. The molecule has 0 fully saturated rings. The van der Waals surface area contributed by atoms with Crippen molar-refractivity contribution >= 4 is 6.03 Å². The monoisotopic (exact) mass is 369 g/mol. The number of H-pyrrole nitrogens is 1. The minimum Gasteiger partial charge on any atom is -0.497 e. The first-order chi connectivity index (χ1) is 13.1. The summed E-state index contributed by atoms with van der Waals surface area (Å²) in [6, 6.07) is 13.3. The molecule has 0 saturated carbocycles. The van der Waals surface area contributed by atoms with Crippen molar-refractivity contribution in [3.63, 3.8) is 0 Å². The Morgan fingerprint density at radius 2 is 1.85 bits per heavy atom. The van der Waals surface area contributed by atoms with Gasteiger partial charge in [-0.3, -0.25) is 5.10 Å². The lowest BCUT2D eigenvalue weighted by molar-refractivity contribution is 0.240. The van der Waals surface area contributed by atoms with Gasteiger partial charge in [0.1, 0.15) is 17.4 Å². The highest BCUT2D eigenvalue weighted by Crippen LogP contribution is 2.14. The highest BCUT2D eigenvalue weighted by Gasteiger charge is 2.07. The summed E-state index contributed by atoms with van der Waals surface area (Å²) in [5.74, 6) is 1.45. The number of nitrogens with zero attached hydrogens (tertiary/aromatic N) is 2. The zero-order valence-corrected chi connectivity index (χ0v) is 14.8. The third kappa shape index (κ3) is 5.27. The van der Waals surface area contributed by atoms with Crippen LogP contribution in [0.2, 0.25) is 0 Å². The van der Waals surface area contributed by atoms with E-state index >= 15 is 0 Å². The van der Waals surface area contributed by atoms with Crippen LogP contribution in [0.5, 0.6) is 5.75 Å². The van der Waals surface area contributed by atoms with Gasteiger partial charge in [-0.15, -0.1) is 0 Å². The third-order valence-electron chi connectivity index (χ3n) is 3.91. The lowest BCUT2D eigenvalue weighted by Crippen LogP contribution is -2.36. The van der Waals surface area contributed by atoms with E-state index in [0.29, 0.717) is 30.2 Å². The Kier molecular flexibility index (Phi) is 5.98. The van der Waals surface area contributed by atoms with Crippen LogP contribution >= 0.6 is 0 Å². The predicted molar refractivity (Wildman–Crippen MR) is 98.7 cm³/mol. The van der Waals surface area contributed by atoms with Gasteiger partial charge in [0.2, 0.25) is 0 Å². The van der Waals surface area contributed by atoms with Crippen molar-refractivity contribution in [2.45, 2.75) is 13.0 Å². The number of halogens is 1. The molecule has 8 heteroatoms. The number of hydrogen-bond donors (Lipinski definition) is 3. The zero-order chi connectivity index (χ0) is 19.1. The second-order valence-corrected chi connectivity index (χ2v) is 5.82. The highest BCUT2D eigenvalue weighted by molar-refractivity contribution is 5.73. The summed E-state index contributed by atoms with van der Waals surface area (Å²) >= 11 is 0. The van der Waals surface area contributed by atoms with Gasteiger partial charge in [0.25, 0.3) is 0 Å². The van der Waals surface area contributed by atoms with Crippen molar-refractivity contribution in [1.29, 1.82) is 0 Å². The van der Waals surface area contributed by atoms with E-state index < -0.39 is 0 Å². The van der Waals surface area contributed by atoms with Gasteiger partial charge in [0.05, 0.1) is 13.7 Å². The molecule has 3 rings (SSSR count). The Bertz CT molecular complexity index is 878. The van der Waals surface area contributed by atoms with Crippen LogP contribution in [0.15, 0.2) is 48.5 Å². The van der Waals surface area contributed by atoms with E-state index in [2.05, 4.69) is 25.8 Å². The number of aromatic nitrogens is 3. The van der Waals surface area contributed by atoms with Crippen molar-refractivity contribution in [3.8, 4) is 17.1 Å². The van der Waals surface area contributed by atoms with Crippen LogP contribution in [0, 0.1) is 5.82 Å². The molecule has 27 heavy (non-hydrogen) atoms. The Hall–Kier alpha value is -3.42. The molecule has 140 valence electrons. The van der Waals surface area contributed by atoms with Gasteiger partial charge < -0.3 is 15.4 Å². The molecule has 0 aliphatic heterocycles. The number of urea groups is 1. The van der Waals surface area contributed by atoms with Crippen LogP contribution < -0.4 is 15.4 Å². The van der Waals surface area contributed by atoms with Gasteiger partial charge in [-0.1, -0.05) is 12.1 Å². The highest BCUT2D eigenvalue weighted by atomic mass is 19.1. The molecule has 0 saturated heterocycles. The minimum absolute atomic E-state index is 0.211. The lowest BCUT2D eigenvalue weighted by Gasteiger charge is -2.07. The number of aromatic amines is 1. The van der Waals surface area contributed by atoms with Crippen molar-refractivity contribution in [1.82, 2.24) is 25.8 Å². The van der Waals surface area contributed by atoms with E-state index in [1.165, 1.54) is 12.1 Å². The smallest absolute Gasteiger partial charge is 0.315 e. The number of ether oxygens (including phenoxy) is 1. The fourth-order valence-corrected chi connectivity index (χ4v) is 2.44. The van der Waals surface area contributed by atoms with Crippen LogP contribution in [-0.2, 0) is 13.0 Å². The largest absolute Gasteiger partial charge is 0.497 e. The summed E-state index contributed by atoms with van der Waals surface area (Å²) in [7, 11) is 1.62. The van der Waals surface area contributed by atoms with E-state index in [9.17, 15) is 9.18 Å². The molecule has 0 bridgehead atoms. The molecule has 3 aromatic rings. The SMILES string of the molecule is COc1ccc(CCNC(=O)NCc2nc(-c3ccc(F)cc3)n[nH]2)cc1. The lowest BCUT2D eigenvalue weighted by atomic mass is 10.1. The van der Waals surface area contributed by atoms with Gasteiger partial charge in [0.15, 0.2) is 5.82 Å². The van der Waals surface area contributed by atoms with E-state index in [-0.39, 0.29) is 18.4 Å². The number of benzene rings is 2. The molecule has 2 aromatic carbocycles. The number of carbonyl (C=O) groups excluding carboxylic acids is 1. The molecule has 0 atom stereocenters. The minimum atomic E-state index is -0.317. The van der Waals surface area contributed by atoms with Crippen molar-refractivity contribution in [3.05, 3.63) is 65.7 Å². The Morgan fingerprint density at radius 1 is 1.11 bits per heavy atom. The van der Waals surface area contributed by atoms with Gasteiger partial charge >= 0.3 is 6.03 Å². The van der Waals surface area contributed by atoms with Gasteiger partial charge in [-0.25, -0.2) is 14.2 Å². The van der Waals surface area contributed by atoms with Crippen LogP contribution in [0.25, 0.3) is 11.4 Å². The van der Waals surface area contributed by atoms with Crippen LogP contribution in [-0.4, -0.2) is 34.9 Å². The average Bonchev–Trinajstić information content (AvgIpc) is 3.16. The summed E-state index contributed by atoms with van der Waals surface area (Å²) in [5.41, 5.74) is 1.80. The third-order valence-corrected chi connectivity index (χ3v) is 3.91. The number of rotatable bonds is 7. The molecule has 0 spiro atoms. The summed E-state index contributed by atoms with van der Waals surface area (Å²) in [6.45, 7) is 0.720. The van der Waals surface area contributed by atoms with Crippen molar-refractivity contribution in [2.24, 2.45) is 0 Å². The summed E-state index contributed by atoms with van der Waals surface area (Å²) in [4.78, 5) is 16.2. The Morgan fingerprint density at radius 3 is 2.56 bits per heavy atom. The quantitative estimate of drug-likeness (QED) is 0.597. The summed E-state index contributed by atoms with van der Waals surface area (Å²) < 4.78 is 18.1. The first-order valence-corrected chi connectivity index (χ1v) is 8.46. The van der Waals surface area contributed by atoms with Crippen molar-refractivity contribution in [2.75, 3.05) is 13.7 Å². The molecule has 0 aliphatic carbocycles. The fraction of sp³-hybridized carbons (Fsp3) is 0.211. The Balaban J connectivity index is 1.42. The average molecular weight is 369 g/mol. The van der Waals surface area contributed by atoms with Gasteiger partial charge in [0, 0.05) is 12.1 Å². The fourth-order valence-electron chi connectivity index (χ4n) is 2.44. The first-order valence-electron chi connectivity index (χ1n) is 8.46. The number of carbonyl (C=O) groups is 1.